The van der Waals surface area contributed by atoms with Gasteiger partial charge in [0, 0.05) is 18.7 Å². The van der Waals surface area contributed by atoms with E-state index in [1.807, 2.05) is 32.1 Å². The first-order valence-electron chi connectivity index (χ1n) is 6.04. The van der Waals surface area contributed by atoms with E-state index in [-0.39, 0.29) is 0 Å². The molecular formula is C15H21NO. The van der Waals surface area contributed by atoms with Crippen molar-refractivity contribution in [2.24, 2.45) is 0 Å². The zero-order valence-corrected chi connectivity index (χ0v) is 10.6. The second kappa shape index (κ2) is 8.59. The van der Waals surface area contributed by atoms with E-state index in [1.54, 1.807) is 0 Å². The Labute approximate surface area is 104 Å². The molecule has 0 radical (unpaired) electrons. The zero-order valence-electron chi connectivity index (χ0n) is 10.6. The third-order valence-corrected chi connectivity index (χ3v) is 2.33. The summed E-state index contributed by atoms with van der Waals surface area (Å²) in [6, 6.07) is 10.4. The maximum absolute atomic E-state index is 5.31. The van der Waals surface area contributed by atoms with E-state index in [2.05, 4.69) is 35.7 Å². The fourth-order valence-electron chi connectivity index (χ4n) is 1.45. The van der Waals surface area contributed by atoms with E-state index < -0.39 is 0 Å². The summed E-state index contributed by atoms with van der Waals surface area (Å²) < 4.78 is 5.31. The van der Waals surface area contributed by atoms with Gasteiger partial charge in [-0.25, -0.2) is 0 Å². The molecule has 0 bridgehead atoms. The van der Waals surface area contributed by atoms with Crippen LogP contribution >= 0.6 is 0 Å². The summed E-state index contributed by atoms with van der Waals surface area (Å²) in [6.07, 6.45) is 7.05. The lowest BCUT2D eigenvalue weighted by Gasteiger charge is -2.10. The summed E-state index contributed by atoms with van der Waals surface area (Å²) in [4.78, 5) is 0. The van der Waals surface area contributed by atoms with E-state index in [4.69, 9.17) is 4.74 Å². The van der Waals surface area contributed by atoms with Crippen LogP contribution in [0.15, 0.2) is 54.3 Å². The van der Waals surface area contributed by atoms with Crippen molar-refractivity contribution in [3.05, 3.63) is 59.8 Å². The van der Waals surface area contributed by atoms with Crippen molar-refractivity contribution in [1.29, 1.82) is 0 Å². The first-order chi connectivity index (χ1) is 8.36. The highest BCUT2D eigenvalue weighted by Gasteiger charge is 1.97. The van der Waals surface area contributed by atoms with Crippen LogP contribution in [0.25, 0.3) is 0 Å². The summed E-state index contributed by atoms with van der Waals surface area (Å²) in [6.45, 7) is 5.30. The fraction of sp³-hybridized carbons (Fsp3) is 0.333. The quantitative estimate of drug-likeness (QED) is 0.442. The van der Waals surface area contributed by atoms with Crippen LogP contribution < -0.4 is 5.32 Å². The standard InChI is InChI=1S/C15H21NO/c1-3-5-11-15(16-13-17-4-2)12-14-9-7-6-8-10-14/h3,5-11,16H,4,12-13H2,1-2H3/b5-3-,15-11-. The fourth-order valence-corrected chi connectivity index (χ4v) is 1.45. The summed E-state index contributed by atoms with van der Waals surface area (Å²) in [5, 5.41) is 3.29. The Morgan fingerprint density at radius 1 is 1.29 bits per heavy atom. The molecule has 92 valence electrons. The molecule has 2 nitrogen and oxygen atoms in total. The van der Waals surface area contributed by atoms with Crippen LogP contribution in [0.5, 0.6) is 0 Å². The van der Waals surface area contributed by atoms with Crippen molar-refractivity contribution in [3.63, 3.8) is 0 Å². The molecule has 0 heterocycles. The van der Waals surface area contributed by atoms with Crippen LogP contribution in [0.4, 0.5) is 0 Å². The number of nitrogens with one attached hydrogen (secondary N) is 1. The van der Waals surface area contributed by atoms with Crippen LogP contribution in [0.3, 0.4) is 0 Å². The normalized spacial score (nSPS) is 12.0. The zero-order chi connectivity index (χ0) is 12.3. The van der Waals surface area contributed by atoms with Gasteiger partial charge in [0.15, 0.2) is 0 Å². The van der Waals surface area contributed by atoms with Gasteiger partial charge in [-0.3, -0.25) is 0 Å². The molecular weight excluding hydrogens is 210 g/mol. The Morgan fingerprint density at radius 2 is 2.06 bits per heavy atom. The number of ether oxygens (including phenoxy) is 1. The van der Waals surface area contributed by atoms with Crippen molar-refractivity contribution in [3.8, 4) is 0 Å². The molecule has 0 amide bonds. The number of allylic oxidation sites excluding steroid dienone is 4. The van der Waals surface area contributed by atoms with Crippen LogP contribution in [-0.4, -0.2) is 13.3 Å². The largest absolute Gasteiger partial charge is 0.366 e. The van der Waals surface area contributed by atoms with E-state index in [9.17, 15) is 0 Å². The van der Waals surface area contributed by atoms with Crippen molar-refractivity contribution >= 4 is 0 Å². The molecule has 0 spiro atoms. The second-order valence-electron chi connectivity index (χ2n) is 3.69. The molecule has 0 aliphatic rings. The molecule has 1 N–H and O–H groups in total. The Hall–Kier alpha value is -1.54. The molecule has 1 aromatic rings. The van der Waals surface area contributed by atoms with Crippen LogP contribution in [0, 0.1) is 0 Å². The smallest absolute Gasteiger partial charge is 0.116 e. The van der Waals surface area contributed by atoms with Crippen molar-refractivity contribution in [2.45, 2.75) is 20.3 Å². The first kappa shape index (κ1) is 13.5. The first-order valence-corrected chi connectivity index (χ1v) is 6.04. The van der Waals surface area contributed by atoms with E-state index in [0.717, 1.165) is 13.0 Å². The highest BCUT2D eigenvalue weighted by Crippen LogP contribution is 2.05. The molecule has 0 aromatic heterocycles. The maximum Gasteiger partial charge on any atom is 0.116 e. The lowest BCUT2D eigenvalue weighted by Crippen LogP contribution is -2.18. The van der Waals surface area contributed by atoms with Gasteiger partial charge in [0.2, 0.25) is 0 Å². The lowest BCUT2D eigenvalue weighted by molar-refractivity contribution is 0.135. The Kier molecular flexibility index (Phi) is 6.84. The average molecular weight is 231 g/mol. The summed E-state index contributed by atoms with van der Waals surface area (Å²) in [5.41, 5.74) is 2.47. The molecule has 0 atom stereocenters. The molecule has 0 fully saturated rings. The third kappa shape index (κ3) is 5.93. The monoisotopic (exact) mass is 231 g/mol. The van der Waals surface area contributed by atoms with Gasteiger partial charge in [-0.15, -0.1) is 0 Å². The van der Waals surface area contributed by atoms with Crippen LogP contribution in [0.2, 0.25) is 0 Å². The second-order valence-corrected chi connectivity index (χ2v) is 3.69. The highest BCUT2D eigenvalue weighted by molar-refractivity contribution is 5.23. The Morgan fingerprint density at radius 3 is 2.71 bits per heavy atom. The van der Waals surface area contributed by atoms with E-state index in [1.165, 1.54) is 11.3 Å². The minimum Gasteiger partial charge on any atom is -0.366 e. The Bertz CT molecular complexity index is 354. The van der Waals surface area contributed by atoms with E-state index in [0.29, 0.717) is 6.73 Å². The number of hydrogen-bond acceptors (Lipinski definition) is 2. The summed E-state index contributed by atoms with van der Waals surface area (Å²) in [7, 11) is 0. The number of benzene rings is 1. The summed E-state index contributed by atoms with van der Waals surface area (Å²) in [5.74, 6) is 0. The van der Waals surface area contributed by atoms with Gasteiger partial charge in [-0.05, 0) is 25.5 Å². The van der Waals surface area contributed by atoms with Crippen molar-refractivity contribution < 1.29 is 4.74 Å². The van der Waals surface area contributed by atoms with Gasteiger partial charge >= 0.3 is 0 Å². The topological polar surface area (TPSA) is 21.3 Å². The lowest BCUT2D eigenvalue weighted by atomic mass is 10.1. The van der Waals surface area contributed by atoms with Crippen molar-refractivity contribution in [2.75, 3.05) is 13.3 Å². The third-order valence-electron chi connectivity index (χ3n) is 2.33. The van der Waals surface area contributed by atoms with Gasteiger partial charge in [0.1, 0.15) is 6.73 Å². The van der Waals surface area contributed by atoms with Gasteiger partial charge in [-0.2, -0.15) is 0 Å². The molecule has 0 aliphatic heterocycles. The number of hydrogen-bond donors (Lipinski definition) is 1. The van der Waals surface area contributed by atoms with Gasteiger partial charge < -0.3 is 10.1 Å². The van der Waals surface area contributed by atoms with E-state index >= 15 is 0 Å². The molecule has 1 rings (SSSR count). The Balaban J connectivity index is 2.57. The molecule has 0 aliphatic carbocycles. The van der Waals surface area contributed by atoms with Gasteiger partial charge in [-0.1, -0.05) is 42.5 Å². The molecule has 0 saturated carbocycles. The predicted octanol–water partition coefficient (Wildman–Crippen LogP) is 3.27. The summed E-state index contributed by atoms with van der Waals surface area (Å²) >= 11 is 0. The molecule has 1 aromatic carbocycles. The minimum absolute atomic E-state index is 0.562. The predicted molar refractivity (Wildman–Crippen MR) is 72.7 cm³/mol. The molecule has 2 heteroatoms. The van der Waals surface area contributed by atoms with Crippen LogP contribution in [0.1, 0.15) is 19.4 Å². The average Bonchev–Trinajstić information content (AvgIpc) is 2.37. The SMILES string of the molecule is C/C=C\C=C(\Cc1ccccc1)NCOCC. The molecule has 0 unspecified atom stereocenters. The molecule has 17 heavy (non-hydrogen) atoms. The minimum atomic E-state index is 0.562. The number of rotatable bonds is 7. The maximum atomic E-state index is 5.31. The van der Waals surface area contributed by atoms with Crippen molar-refractivity contribution in [1.82, 2.24) is 5.32 Å². The molecule has 0 saturated heterocycles. The highest BCUT2D eigenvalue weighted by atomic mass is 16.5. The van der Waals surface area contributed by atoms with Crippen LogP contribution in [-0.2, 0) is 11.2 Å². The van der Waals surface area contributed by atoms with Gasteiger partial charge in [0.25, 0.3) is 0 Å². The van der Waals surface area contributed by atoms with Gasteiger partial charge in [0.05, 0.1) is 0 Å².